The predicted octanol–water partition coefficient (Wildman–Crippen LogP) is 3.11. The van der Waals surface area contributed by atoms with Gasteiger partial charge in [-0.25, -0.2) is 0 Å². The van der Waals surface area contributed by atoms with E-state index in [1.54, 1.807) is 7.11 Å². The zero-order chi connectivity index (χ0) is 9.14. The molecule has 0 aliphatic carbocycles. The summed E-state index contributed by atoms with van der Waals surface area (Å²) in [7, 11) is 1.68. The highest BCUT2D eigenvalue weighted by atomic mass is 32.1. The topological polar surface area (TPSA) is 9.23 Å². The van der Waals surface area contributed by atoms with Crippen LogP contribution in [0.3, 0.4) is 0 Å². The summed E-state index contributed by atoms with van der Waals surface area (Å²) in [6.45, 7) is 4.29. The summed E-state index contributed by atoms with van der Waals surface area (Å²) >= 11 is 4.37. The van der Waals surface area contributed by atoms with E-state index in [4.69, 9.17) is 4.74 Å². The molecule has 2 heteroatoms. The number of thiol groups is 1. The van der Waals surface area contributed by atoms with Gasteiger partial charge in [-0.1, -0.05) is 13.8 Å². The van der Waals surface area contributed by atoms with Gasteiger partial charge in [0.2, 0.25) is 0 Å². The van der Waals surface area contributed by atoms with Crippen LogP contribution < -0.4 is 4.74 Å². The van der Waals surface area contributed by atoms with Crippen molar-refractivity contribution in [3.63, 3.8) is 0 Å². The van der Waals surface area contributed by atoms with Crippen molar-refractivity contribution in [2.24, 2.45) is 0 Å². The predicted molar refractivity (Wildman–Crippen MR) is 54.3 cm³/mol. The molecule has 1 aromatic rings. The van der Waals surface area contributed by atoms with Crippen molar-refractivity contribution in [1.29, 1.82) is 0 Å². The van der Waals surface area contributed by atoms with Crippen LogP contribution in [0, 0.1) is 0 Å². The van der Waals surface area contributed by atoms with Crippen molar-refractivity contribution in [2.75, 3.05) is 7.11 Å². The second kappa shape index (κ2) is 3.85. The van der Waals surface area contributed by atoms with Crippen molar-refractivity contribution >= 4 is 12.6 Å². The van der Waals surface area contributed by atoms with Gasteiger partial charge in [-0.3, -0.25) is 0 Å². The van der Waals surface area contributed by atoms with Gasteiger partial charge >= 0.3 is 0 Å². The smallest absolute Gasteiger partial charge is 0.119 e. The quantitative estimate of drug-likeness (QED) is 0.691. The van der Waals surface area contributed by atoms with E-state index in [-0.39, 0.29) is 0 Å². The minimum absolute atomic E-state index is 0.493. The Labute approximate surface area is 79.2 Å². The van der Waals surface area contributed by atoms with Crippen LogP contribution in [-0.2, 0) is 0 Å². The molecule has 1 aromatic carbocycles. The minimum atomic E-state index is 0.493. The monoisotopic (exact) mass is 182 g/mol. The summed E-state index contributed by atoms with van der Waals surface area (Å²) in [5.74, 6) is 1.39. The van der Waals surface area contributed by atoms with E-state index in [1.165, 1.54) is 5.56 Å². The summed E-state index contributed by atoms with van der Waals surface area (Å²) < 4.78 is 5.13. The van der Waals surface area contributed by atoms with Gasteiger partial charge in [-0.15, -0.1) is 12.6 Å². The van der Waals surface area contributed by atoms with Crippen molar-refractivity contribution in [2.45, 2.75) is 24.7 Å². The van der Waals surface area contributed by atoms with Gasteiger partial charge in [-0.05, 0) is 29.7 Å². The van der Waals surface area contributed by atoms with Gasteiger partial charge in [0.25, 0.3) is 0 Å². The molecule has 0 aliphatic rings. The number of benzene rings is 1. The summed E-state index contributed by atoms with van der Waals surface area (Å²) in [5.41, 5.74) is 1.23. The Bertz CT molecular complexity index is 269. The number of hydrogen-bond acceptors (Lipinski definition) is 2. The Hall–Kier alpha value is -0.630. The SMILES string of the molecule is COc1ccc(S)c(C(C)C)c1. The highest BCUT2D eigenvalue weighted by Gasteiger charge is 2.04. The molecule has 12 heavy (non-hydrogen) atoms. The maximum absolute atomic E-state index is 5.13. The second-order valence-electron chi connectivity index (χ2n) is 3.08. The van der Waals surface area contributed by atoms with E-state index < -0.39 is 0 Å². The molecule has 0 amide bonds. The van der Waals surface area contributed by atoms with Gasteiger partial charge in [0.1, 0.15) is 5.75 Å². The lowest BCUT2D eigenvalue weighted by Crippen LogP contribution is -1.91. The third-order valence-corrected chi connectivity index (χ3v) is 2.26. The fraction of sp³-hybridized carbons (Fsp3) is 0.400. The van der Waals surface area contributed by atoms with Crippen molar-refractivity contribution in [3.8, 4) is 5.75 Å². The van der Waals surface area contributed by atoms with E-state index >= 15 is 0 Å². The molecular weight excluding hydrogens is 168 g/mol. The van der Waals surface area contributed by atoms with Crippen LogP contribution in [0.2, 0.25) is 0 Å². The first-order chi connectivity index (χ1) is 5.65. The summed E-state index contributed by atoms with van der Waals surface area (Å²) in [6.07, 6.45) is 0. The van der Waals surface area contributed by atoms with Crippen LogP contribution in [0.15, 0.2) is 23.1 Å². The highest BCUT2D eigenvalue weighted by Crippen LogP contribution is 2.26. The molecule has 1 rings (SSSR count). The Morgan fingerprint density at radius 3 is 2.50 bits per heavy atom. The second-order valence-corrected chi connectivity index (χ2v) is 3.56. The number of methoxy groups -OCH3 is 1. The lowest BCUT2D eigenvalue weighted by atomic mass is 10.0. The molecule has 0 saturated heterocycles. The fourth-order valence-electron chi connectivity index (χ4n) is 1.12. The van der Waals surface area contributed by atoms with E-state index in [2.05, 4.69) is 26.5 Å². The van der Waals surface area contributed by atoms with E-state index in [0.717, 1.165) is 10.6 Å². The third kappa shape index (κ3) is 1.95. The van der Waals surface area contributed by atoms with Crippen LogP contribution in [-0.4, -0.2) is 7.11 Å². The zero-order valence-corrected chi connectivity index (χ0v) is 8.56. The Morgan fingerprint density at radius 1 is 1.33 bits per heavy atom. The molecule has 0 N–H and O–H groups in total. The first kappa shape index (κ1) is 9.46. The molecule has 0 aliphatic heterocycles. The molecule has 0 fully saturated rings. The molecular formula is C10H14OS. The van der Waals surface area contributed by atoms with Gasteiger partial charge < -0.3 is 4.74 Å². The summed E-state index contributed by atoms with van der Waals surface area (Å²) in [4.78, 5) is 1.03. The number of ether oxygens (including phenoxy) is 1. The molecule has 66 valence electrons. The first-order valence-electron chi connectivity index (χ1n) is 4.02. The standard InChI is InChI=1S/C10H14OS/c1-7(2)9-6-8(11-3)4-5-10(9)12/h4-7,12H,1-3H3. The van der Waals surface area contributed by atoms with Crippen molar-refractivity contribution in [1.82, 2.24) is 0 Å². The average molecular weight is 182 g/mol. The third-order valence-electron chi connectivity index (χ3n) is 1.86. The Morgan fingerprint density at radius 2 is 2.00 bits per heavy atom. The van der Waals surface area contributed by atoms with E-state index in [9.17, 15) is 0 Å². The average Bonchev–Trinajstić information content (AvgIpc) is 2.05. The van der Waals surface area contributed by atoms with Crippen molar-refractivity contribution < 1.29 is 4.74 Å². The van der Waals surface area contributed by atoms with Crippen LogP contribution in [0.1, 0.15) is 25.3 Å². The molecule has 0 radical (unpaired) electrons. The first-order valence-corrected chi connectivity index (χ1v) is 4.46. The van der Waals surface area contributed by atoms with E-state index in [0.29, 0.717) is 5.92 Å². The van der Waals surface area contributed by atoms with Crippen LogP contribution in [0.25, 0.3) is 0 Å². The highest BCUT2D eigenvalue weighted by molar-refractivity contribution is 7.80. The molecule has 0 aromatic heterocycles. The molecule has 0 unspecified atom stereocenters. The van der Waals surface area contributed by atoms with Gasteiger partial charge in [0.15, 0.2) is 0 Å². The van der Waals surface area contributed by atoms with E-state index in [1.807, 2.05) is 18.2 Å². The van der Waals surface area contributed by atoms with Gasteiger partial charge in [0.05, 0.1) is 7.11 Å². The largest absolute Gasteiger partial charge is 0.497 e. The van der Waals surface area contributed by atoms with Crippen LogP contribution in [0.4, 0.5) is 0 Å². The lowest BCUT2D eigenvalue weighted by molar-refractivity contribution is 0.413. The maximum Gasteiger partial charge on any atom is 0.119 e. The molecule has 0 heterocycles. The molecule has 0 atom stereocenters. The van der Waals surface area contributed by atoms with Gasteiger partial charge in [0, 0.05) is 4.90 Å². The summed E-state index contributed by atoms with van der Waals surface area (Å²) in [6, 6.07) is 5.93. The summed E-state index contributed by atoms with van der Waals surface area (Å²) in [5, 5.41) is 0. The van der Waals surface area contributed by atoms with Gasteiger partial charge in [-0.2, -0.15) is 0 Å². The fourth-order valence-corrected chi connectivity index (χ4v) is 1.52. The molecule has 0 bridgehead atoms. The van der Waals surface area contributed by atoms with Crippen molar-refractivity contribution in [3.05, 3.63) is 23.8 Å². The lowest BCUT2D eigenvalue weighted by Gasteiger charge is -2.10. The minimum Gasteiger partial charge on any atom is -0.497 e. The van der Waals surface area contributed by atoms with Crippen LogP contribution >= 0.6 is 12.6 Å². The maximum atomic E-state index is 5.13. The molecule has 0 saturated carbocycles. The number of rotatable bonds is 2. The number of hydrogen-bond donors (Lipinski definition) is 1. The zero-order valence-electron chi connectivity index (χ0n) is 7.66. The Balaban J connectivity index is 3.08. The normalized spacial score (nSPS) is 10.4. The van der Waals surface area contributed by atoms with Crippen LogP contribution in [0.5, 0.6) is 5.75 Å². The Kier molecular flexibility index (Phi) is 3.04. The molecule has 1 nitrogen and oxygen atoms in total. The molecule has 0 spiro atoms.